The maximum absolute atomic E-state index is 12.5. The summed E-state index contributed by atoms with van der Waals surface area (Å²) in [4.78, 5) is 24.8. The summed E-state index contributed by atoms with van der Waals surface area (Å²) in [7, 11) is 1.26. The molecule has 1 unspecified atom stereocenters. The third-order valence-electron chi connectivity index (χ3n) is 4.85. The van der Waals surface area contributed by atoms with E-state index in [1.807, 2.05) is 31.2 Å². The summed E-state index contributed by atoms with van der Waals surface area (Å²) in [5.74, 6) is -0.607. The maximum atomic E-state index is 12.5. The molecule has 160 valence electrons. The fraction of sp³-hybridized carbons (Fsp3) is 0.364. The second-order valence-corrected chi connectivity index (χ2v) is 6.95. The Morgan fingerprint density at radius 1 is 1.03 bits per heavy atom. The molecule has 0 aliphatic carbocycles. The third kappa shape index (κ3) is 6.61. The van der Waals surface area contributed by atoms with Crippen LogP contribution in [0.2, 0.25) is 0 Å². The molecule has 30 heavy (non-hydrogen) atoms. The van der Waals surface area contributed by atoms with Crippen molar-refractivity contribution in [2.24, 2.45) is 0 Å². The van der Waals surface area contributed by atoms with Gasteiger partial charge in [-0.15, -0.1) is 0 Å². The molecule has 2 aromatic carbocycles. The number of rotatable bonds is 11. The number of aryl methyl sites for hydroxylation is 1. The third-order valence-corrected chi connectivity index (χ3v) is 4.85. The highest BCUT2D eigenvalue weighted by Crippen LogP contribution is 2.26. The van der Waals surface area contributed by atoms with Gasteiger partial charge in [0.25, 0.3) is 0 Å². The highest BCUT2D eigenvalue weighted by atomic mass is 16.5. The molecule has 0 spiro atoms. The molecule has 0 heterocycles. The van der Waals surface area contributed by atoms with Crippen LogP contribution in [-0.2, 0) is 17.6 Å². The van der Waals surface area contributed by atoms with Gasteiger partial charge >= 0.3 is 7.12 Å². The van der Waals surface area contributed by atoms with Gasteiger partial charge in [0.05, 0.1) is 25.7 Å². The Balaban J connectivity index is 1.96. The van der Waals surface area contributed by atoms with Crippen molar-refractivity contribution in [3.8, 4) is 11.5 Å². The lowest BCUT2D eigenvalue weighted by Gasteiger charge is -2.18. The van der Waals surface area contributed by atoms with Gasteiger partial charge in [0.2, 0.25) is 5.91 Å². The monoisotopic (exact) mass is 413 g/mol. The van der Waals surface area contributed by atoms with Crippen LogP contribution < -0.4 is 14.8 Å². The summed E-state index contributed by atoms with van der Waals surface area (Å²) >= 11 is 0. The van der Waals surface area contributed by atoms with E-state index in [2.05, 4.69) is 5.32 Å². The van der Waals surface area contributed by atoms with Crippen LogP contribution in [0.3, 0.4) is 0 Å². The molecule has 0 bridgehead atoms. The average Bonchev–Trinajstić information content (AvgIpc) is 2.76. The predicted octanol–water partition coefficient (Wildman–Crippen LogP) is 1.97. The van der Waals surface area contributed by atoms with Gasteiger partial charge in [-0.2, -0.15) is 0 Å². The minimum atomic E-state index is -1.71. The number of Topliss-reactive ketones (excluding diaryl/α,β-unsaturated/α-hetero) is 1. The predicted molar refractivity (Wildman–Crippen MR) is 115 cm³/mol. The van der Waals surface area contributed by atoms with E-state index in [4.69, 9.17) is 9.47 Å². The first-order chi connectivity index (χ1) is 14.4. The zero-order valence-electron chi connectivity index (χ0n) is 17.6. The minimum Gasteiger partial charge on any atom is -0.497 e. The number of carbonyl (C=O) groups is 2. The zero-order valence-corrected chi connectivity index (χ0v) is 17.6. The number of hydrogen-bond donors (Lipinski definition) is 3. The van der Waals surface area contributed by atoms with Gasteiger partial charge in [0, 0.05) is 18.9 Å². The van der Waals surface area contributed by atoms with Crippen LogP contribution in [-0.4, -0.2) is 49.0 Å². The Morgan fingerprint density at radius 2 is 1.77 bits per heavy atom. The van der Waals surface area contributed by atoms with Gasteiger partial charge in [-0.1, -0.05) is 31.2 Å². The second-order valence-electron chi connectivity index (χ2n) is 6.95. The summed E-state index contributed by atoms with van der Waals surface area (Å²) < 4.78 is 10.3. The molecule has 1 amide bonds. The van der Waals surface area contributed by atoms with Crippen LogP contribution in [0.1, 0.15) is 41.3 Å². The van der Waals surface area contributed by atoms with E-state index in [1.54, 1.807) is 18.2 Å². The van der Waals surface area contributed by atoms with Gasteiger partial charge in [-0.25, -0.2) is 0 Å². The SMILES string of the molecule is CCc1cccc(CC(NC(=O)CCC(=O)c2ccc(OC)cc2OC)B(O)O)c1. The van der Waals surface area contributed by atoms with Crippen molar-refractivity contribution in [3.05, 3.63) is 59.2 Å². The molecule has 7 nitrogen and oxygen atoms in total. The largest absolute Gasteiger partial charge is 0.497 e. The lowest BCUT2D eigenvalue weighted by Crippen LogP contribution is -2.47. The van der Waals surface area contributed by atoms with Crippen molar-refractivity contribution < 1.29 is 29.1 Å². The molecule has 0 radical (unpaired) electrons. The molecular formula is C22H28BNO6. The summed E-state index contributed by atoms with van der Waals surface area (Å²) in [6.45, 7) is 2.04. The first-order valence-corrected chi connectivity index (χ1v) is 9.86. The van der Waals surface area contributed by atoms with E-state index in [1.165, 1.54) is 14.2 Å². The van der Waals surface area contributed by atoms with Crippen LogP contribution in [0.4, 0.5) is 0 Å². The number of amides is 1. The molecule has 0 aromatic heterocycles. The van der Waals surface area contributed by atoms with Gasteiger partial charge in [-0.3, -0.25) is 9.59 Å². The second kappa shape index (κ2) is 11.4. The van der Waals surface area contributed by atoms with Crippen molar-refractivity contribution in [1.82, 2.24) is 5.32 Å². The number of methoxy groups -OCH3 is 2. The van der Waals surface area contributed by atoms with E-state index >= 15 is 0 Å². The fourth-order valence-corrected chi connectivity index (χ4v) is 3.13. The lowest BCUT2D eigenvalue weighted by atomic mass is 9.75. The van der Waals surface area contributed by atoms with Crippen molar-refractivity contribution in [2.75, 3.05) is 14.2 Å². The Morgan fingerprint density at radius 3 is 2.40 bits per heavy atom. The molecule has 8 heteroatoms. The molecule has 0 aliphatic rings. The zero-order chi connectivity index (χ0) is 22.1. The van der Waals surface area contributed by atoms with Crippen LogP contribution >= 0.6 is 0 Å². The Labute approximate surface area is 177 Å². The maximum Gasteiger partial charge on any atom is 0.475 e. The van der Waals surface area contributed by atoms with Crippen molar-refractivity contribution in [1.29, 1.82) is 0 Å². The molecule has 2 rings (SSSR count). The molecule has 2 aromatic rings. The standard InChI is InChI=1S/C22H28BNO6/c1-4-15-6-5-7-16(12-15)13-21(23(27)28)24-22(26)11-10-19(25)18-9-8-17(29-2)14-20(18)30-3/h5-9,12,14,21,27-28H,4,10-11,13H2,1-3H3,(H,24,26). The molecule has 0 saturated heterocycles. The first kappa shape index (κ1) is 23.4. The van der Waals surface area contributed by atoms with E-state index in [0.29, 0.717) is 17.1 Å². The Bertz CT molecular complexity index is 870. The normalized spacial score (nSPS) is 11.5. The van der Waals surface area contributed by atoms with Crippen LogP contribution in [0, 0.1) is 0 Å². The molecule has 1 atom stereocenters. The van der Waals surface area contributed by atoms with Gasteiger partial charge in [-0.05, 0) is 36.1 Å². The van der Waals surface area contributed by atoms with E-state index in [0.717, 1.165) is 17.5 Å². The van der Waals surface area contributed by atoms with E-state index in [9.17, 15) is 19.6 Å². The quantitative estimate of drug-likeness (QED) is 0.384. The lowest BCUT2D eigenvalue weighted by molar-refractivity contribution is -0.121. The van der Waals surface area contributed by atoms with Gasteiger partial charge < -0.3 is 24.8 Å². The van der Waals surface area contributed by atoms with E-state index in [-0.39, 0.29) is 25.0 Å². The number of hydrogen-bond acceptors (Lipinski definition) is 6. The number of carbonyl (C=O) groups excluding carboxylic acids is 2. The van der Waals surface area contributed by atoms with Crippen molar-refractivity contribution in [3.63, 3.8) is 0 Å². The first-order valence-electron chi connectivity index (χ1n) is 9.86. The molecular weight excluding hydrogens is 385 g/mol. The Kier molecular flexibility index (Phi) is 8.89. The fourth-order valence-electron chi connectivity index (χ4n) is 3.13. The van der Waals surface area contributed by atoms with Crippen molar-refractivity contribution in [2.45, 2.75) is 38.5 Å². The smallest absolute Gasteiger partial charge is 0.475 e. The number of benzene rings is 2. The van der Waals surface area contributed by atoms with Crippen LogP contribution in [0.25, 0.3) is 0 Å². The summed E-state index contributed by atoms with van der Waals surface area (Å²) in [5.41, 5.74) is 2.39. The van der Waals surface area contributed by atoms with Crippen molar-refractivity contribution >= 4 is 18.8 Å². The molecule has 0 saturated carbocycles. The number of nitrogens with one attached hydrogen (secondary N) is 1. The summed E-state index contributed by atoms with van der Waals surface area (Å²) in [5, 5.41) is 21.9. The topological polar surface area (TPSA) is 105 Å². The molecule has 0 fully saturated rings. The van der Waals surface area contributed by atoms with Gasteiger partial charge in [0.1, 0.15) is 11.5 Å². The van der Waals surface area contributed by atoms with Crippen LogP contribution in [0.15, 0.2) is 42.5 Å². The van der Waals surface area contributed by atoms with Gasteiger partial charge in [0.15, 0.2) is 5.78 Å². The number of ether oxygens (including phenoxy) is 2. The average molecular weight is 413 g/mol. The van der Waals surface area contributed by atoms with Crippen LogP contribution in [0.5, 0.6) is 11.5 Å². The Hall–Kier alpha value is -2.84. The number of ketones is 1. The minimum absolute atomic E-state index is 0.0336. The highest BCUT2D eigenvalue weighted by molar-refractivity contribution is 6.43. The summed E-state index contributed by atoms with van der Waals surface area (Å²) in [6, 6.07) is 12.6. The molecule has 0 aliphatic heterocycles. The molecule has 3 N–H and O–H groups in total. The summed E-state index contributed by atoms with van der Waals surface area (Å²) in [6.07, 6.45) is 1.03. The highest BCUT2D eigenvalue weighted by Gasteiger charge is 2.26. The van der Waals surface area contributed by atoms with E-state index < -0.39 is 19.0 Å².